The maximum Gasteiger partial charge on any atom is 0.331 e. The molecule has 0 fully saturated rings. The molecule has 7 heteroatoms. The van der Waals surface area contributed by atoms with E-state index in [4.69, 9.17) is 0 Å². The molecule has 0 aliphatic rings. The van der Waals surface area contributed by atoms with Crippen LogP contribution in [-0.4, -0.2) is 27.1 Å². The molecule has 1 unspecified atom stereocenters. The topological polar surface area (TPSA) is 104 Å². The Morgan fingerprint density at radius 1 is 1.24 bits per heavy atom. The molecule has 21 heavy (non-hydrogen) atoms. The van der Waals surface area contributed by atoms with Gasteiger partial charge in [0.1, 0.15) is 6.04 Å². The van der Waals surface area contributed by atoms with E-state index in [1.54, 1.807) is 13.8 Å². The van der Waals surface area contributed by atoms with Crippen LogP contribution in [0.1, 0.15) is 52.1 Å². The molecular weight excluding hydrogens is 274 g/mol. The predicted molar refractivity (Wildman–Crippen MR) is 79.6 cm³/mol. The molecule has 0 saturated carbocycles. The third-order valence-corrected chi connectivity index (χ3v) is 3.18. The van der Waals surface area contributed by atoms with Gasteiger partial charge in [0.05, 0.1) is 5.56 Å². The first-order valence-electron chi connectivity index (χ1n) is 7.02. The highest BCUT2D eigenvalue weighted by Gasteiger charge is 2.24. The first-order chi connectivity index (χ1) is 9.66. The average molecular weight is 297 g/mol. The number of hydrogen-bond acceptors (Lipinski definition) is 4. The van der Waals surface area contributed by atoms with Gasteiger partial charge in [0.2, 0.25) is 11.8 Å². The third kappa shape index (κ3) is 3.74. The van der Waals surface area contributed by atoms with Crippen molar-refractivity contribution in [2.75, 3.05) is 6.54 Å². The van der Waals surface area contributed by atoms with Gasteiger partial charge in [0, 0.05) is 6.54 Å². The van der Waals surface area contributed by atoms with E-state index in [9.17, 15) is 19.5 Å². The van der Waals surface area contributed by atoms with E-state index < -0.39 is 23.2 Å². The van der Waals surface area contributed by atoms with Crippen LogP contribution in [0.25, 0.3) is 0 Å². The zero-order chi connectivity index (χ0) is 16.3. The SMILES string of the molecule is CC(C)CNC(=O)C(C)n1c(O)c(C(C)C)c(=O)[nH]c1=O. The summed E-state index contributed by atoms with van der Waals surface area (Å²) in [7, 11) is 0. The number of nitrogens with one attached hydrogen (secondary N) is 2. The molecule has 0 aromatic carbocycles. The molecule has 1 aromatic heterocycles. The lowest BCUT2D eigenvalue weighted by Crippen LogP contribution is -2.40. The lowest BCUT2D eigenvalue weighted by atomic mass is 10.1. The minimum atomic E-state index is -0.911. The highest BCUT2D eigenvalue weighted by molar-refractivity contribution is 5.80. The molecule has 1 rings (SSSR count). The summed E-state index contributed by atoms with van der Waals surface area (Å²) < 4.78 is 0.909. The van der Waals surface area contributed by atoms with Crippen molar-refractivity contribution in [3.63, 3.8) is 0 Å². The molecule has 118 valence electrons. The minimum absolute atomic E-state index is 0.0955. The number of amides is 1. The van der Waals surface area contributed by atoms with E-state index in [-0.39, 0.29) is 23.3 Å². The van der Waals surface area contributed by atoms with Crippen LogP contribution in [-0.2, 0) is 4.79 Å². The third-order valence-electron chi connectivity index (χ3n) is 3.18. The number of aromatic amines is 1. The number of H-pyrrole nitrogens is 1. The number of rotatable bonds is 5. The van der Waals surface area contributed by atoms with E-state index in [2.05, 4.69) is 10.3 Å². The Hall–Kier alpha value is -2.05. The molecule has 0 saturated heterocycles. The van der Waals surface area contributed by atoms with Crippen LogP contribution in [0.5, 0.6) is 5.88 Å². The van der Waals surface area contributed by atoms with Crippen molar-refractivity contribution in [3.05, 3.63) is 26.4 Å². The van der Waals surface area contributed by atoms with Crippen LogP contribution in [0, 0.1) is 5.92 Å². The van der Waals surface area contributed by atoms with Crippen LogP contribution in [0.4, 0.5) is 0 Å². The second kappa shape index (κ2) is 6.60. The Balaban J connectivity index is 3.24. The normalized spacial score (nSPS) is 12.7. The molecule has 0 aliphatic heterocycles. The van der Waals surface area contributed by atoms with Gasteiger partial charge in [-0.25, -0.2) is 4.79 Å². The first kappa shape index (κ1) is 17.0. The minimum Gasteiger partial charge on any atom is -0.494 e. The summed E-state index contributed by atoms with van der Waals surface area (Å²) in [4.78, 5) is 37.8. The number of carbonyl (C=O) groups is 1. The quantitative estimate of drug-likeness (QED) is 0.744. The van der Waals surface area contributed by atoms with Gasteiger partial charge >= 0.3 is 5.69 Å². The van der Waals surface area contributed by atoms with E-state index in [0.717, 1.165) is 4.57 Å². The van der Waals surface area contributed by atoms with Crippen molar-refractivity contribution in [2.45, 2.75) is 46.6 Å². The zero-order valence-electron chi connectivity index (χ0n) is 13.1. The van der Waals surface area contributed by atoms with Gasteiger partial charge in [-0.05, 0) is 18.8 Å². The van der Waals surface area contributed by atoms with Crippen molar-refractivity contribution in [1.29, 1.82) is 0 Å². The molecular formula is C14H23N3O4. The van der Waals surface area contributed by atoms with Gasteiger partial charge in [-0.2, -0.15) is 0 Å². The molecule has 1 atom stereocenters. The standard InChI is InChI=1S/C14H23N3O4/c1-7(2)6-15-11(18)9(5)17-13(20)10(8(3)4)12(19)16-14(17)21/h7-9,20H,6H2,1-5H3,(H,15,18)(H,16,19,21). The van der Waals surface area contributed by atoms with Crippen molar-refractivity contribution in [1.82, 2.24) is 14.9 Å². The first-order valence-corrected chi connectivity index (χ1v) is 7.02. The van der Waals surface area contributed by atoms with Crippen LogP contribution in [0.15, 0.2) is 9.59 Å². The number of aromatic hydroxyl groups is 1. The summed E-state index contributed by atoms with van der Waals surface area (Å²) in [5.74, 6) is -0.839. The fourth-order valence-corrected chi connectivity index (χ4v) is 2.00. The zero-order valence-corrected chi connectivity index (χ0v) is 13.1. The van der Waals surface area contributed by atoms with Crippen molar-refractivity contribution < 1.29 is 9.90 Å². The summed E-state index contributed by atoms with van der Waals surface area (Å²) in [5, 5.41) is 12.9. The maximum absolute atomic E-state index is 12.0. The molecule has 3 N–H and O–H groups in total. The van der Waals surface area contributed by atoms with Gasteiger partial charge in [-0.15, -0.1) is 0 Å². The smallest absolute Gasteiger partial charge is 0.331 e. The highest BCUT2D eigenvalue weighted by atomic mass is 16.3. The fourth-order valence-electron chi connectivity index (χ4n) is 2.00. The second-order valence-electron chi connectivity index (χ2n) is 5.84. The fraction of sp³-hybridized carbons (Fsp3) is 0.643. The lowest BCUT2D eigenvalue weighted by molar-refractivity contribution is -0.124. The molecule has 0 aliphatic carbocycles. The van der Waals surface area contributed by atoms with E-state index in [1.165, 1.54) is 6.92 Å². The van der Waals surface area contributed by atoms with Crippen LogP contribution >= 0.6 is 0 Å². The lowest BCUT2D eigenvalue weighted by Gasteiger charge is -2.19. The van der Waals surface area contributed by atoms with Crippen LogP contribution in [0.3, 0.4) is 0 Å². The summed E-state index contributed by atoms with van der Waals surface area (Å²) >= 11 is 0. The van der Waals surface area contributed by atoms with Crippen LogP contribution in [0.2, 0.25) is 0 Å². The summed E-state index contributed by atoms with van der Waals surface area (Å²) in [6.45, 7) is 9.32. The van der Waals surface area contributed by atoms with Gasteiger partial charge < -0.3 is 10.4 Å². The second-order valence-corrected chi connectivity index (χ2v) is 5.84. The number of carbonyl (C=O) groups excluding carboxylic acids is 1. The van der Waals surface area contributed by atoms with Gasteiger partial charge in [0.15, 0.2) is 0 Å². The molecule has 7 nitrogen and oxygen atoms in total. The monoisotopic (exact) mass is 297 g/mol. The Morgan fingerprint density at radius 2 is 1.81 bits per heavy atom. The van der Waals surface area contributed by atoms with E-state index >= 15 is 0 Å². The summed E-state index contributed by atoms with van der Waals surface area (Å²) in [5.41, 5.74) is -1.33. The molecule has 0 bridgehead atoms. The van der Waals surface area contributed by atoms with Crippen molar-refractivity contribution in [3.8, 4) is 5.88 Å². The Labute approximate surface area is 123 Å². The number of aromatic nitrogens is 2. The predicted octanol–water partition coefficient (Wildman–Crippen LogP) is 0.699. The largest absolute Gasteiger partial charge is 0.494 e. The number of nitrogens with zero attached hydrogens (tertiary/aromatic N) is 1. The molecule has 0 spiro atoms. The van der Waals surface area contributed by atoms with Crippen molar-refractivity contribution >= 4 is 5.91 Å². The van der Waals surface area contributed by atoms with Gasteiger partial charge in [-0.1, -0.05) is 27.7 Å². The summed E-state index contributed by atoms with van der Waals surface area (Å²) in [6.07, 6.45) is 0. The van der Waals surface area contributed by atoms with Crippen LogP contribution < -0.4 is 16.6 Å². The highest BCUT2D eigenvalue weighted by Crippen LogP contribution is 2.22. The molecule has 1 aromatic rings. The molecule has 1 amide bonds. The van der Waals surface area contributed by atoms with Gasteiger partial charge in [-0.3, -0.25) is 19.1 Å². The molecule has 1 heterocycles. The Bertz CT molecular complexity index is 628. The molecule has 0 radical (unpaired) electrons. The number of hydrogen-bond donors (Lipinski definition) is 3. The maximum atomic E-state index is 12.0. The Morgan fingerprint density at radius 3 is 2.29 bits per heavy atom. The van der Waals surface area contributed by atoms with Gasteiger partial charge in [0.25, 0.3) is 5.56 Å². The summed E-state index contributed by atoms with van der Waals surface area (Å²) in [6, 6.07) is -0.911. The van der Waals surface area contributed by atoms with Crippen molar-refractivity contribution in [2.24, 2.45) is 5.92 Å². The Kier molecular flexibility index (Phi) is 5.34. The van der Waals surface area contributed by atoms with E-state index in [1.807, 2.05) is 13.8 Å². The average Bonchev–Trinajstić information content (AvgIpc) is 2.34. The van der Waals surface area contributed by atoms with E-state index in [0.29, 0.717) is 6.54 Å².